The van der Waals surface area contributed by atoms with Crippen LogP contribution in [-0.2, 0) is 12.4 Å². The molecule has 0 radical (unpaired) electrons. The number of para-hydroxylation sites is 1. The zero-order valence-corrected chi connectivity index (χ0v) is 17.7. The molecule has 0 spiro atoms. The maximum Gasteiger partial charge on any atom is 0.210 e. The first-order chi connectivity index (χ1) is 15.1. The van der Waals surface area contributed by atoms with Gasteiger partial charge in [0.05, 0.1) is 12.7 Å². The van der Waals surface area contributed by atoms with Gasteiger partial charge in [-0.3, -0.25) is 0 Å². The lowest BCUT2D eigenvalue weighted by Gasteiger charge is -2.08. The van der Waals surface area contributed by atoms with E-state index in [0.717, 1.165) is 22.4 Å². The number of ether oxygens (including phenoxy) is 2. The fraction of sp³-hybridized carbons (Fsp3) is 0.130. The van der Waals surface area contributed by atoms with Crippen LogP contribution in [0.1, 0.15) is 11.1 Å². The summed E-state index contributed by atoms with van der Waals surface area (Å²) in [5.74, 6) is 8.63. The Labute approximate surface area is 183 Å². The lowest BCUT2D eigenvalue weighted by atomic mass is 10.2. The van der Waals surface area contributed by atoms with Crippen molar-refractivity contribution in [3.8, 4) is 22.9 Å². The lowest BCUT2D eigenvalue weighted by molar-refractivity contribution is 0.306. The number of nitrogens with zero attached hydrogens (tertiary/aromatic N) is 3. The third kappa shape index (κ3) is 4.97. The van der Waals surface area contributed by atoms with Gasteiger partial charge in [0.15, 0.2) is 5.82 Å². The molecule has 1 heterocycles. The number of aromatic nitrogens is 3. The van der Waals surface area contributed by atoms with Crippen LogP contribution < -0.4 is 15.3 Å². The number of halogens is 1. The number of methoxy groups -OCH3 is 1. The van der Waals surface area contributed by atoms with Crippen molar-refractivity contribution in [3.63, 3.8) is 0 Å². The second kappa shape index (κ2) is 9.53. The monoisotopic (exact) mass is 436 g/mol. The van der Waals surface area contributed by atoms with Crippen LogP contribution in [-0.4, -0.2) is 22.0 Å². The molecule has 0 aliphatic rings. The SMILES string of the molecule is COc1ccccc1-c1nnc(SCc2ccc(OCc3ccc(F)cc3)cc2)n1N. The second-order valence-electron chi connectivity index (χ2n) is 6.72. The first-order valence-corrected chi connectivity index (χ1v) is 10.6. The van der Waals surface area contributed by atoms with Gasteiger partial charge in [0.1, 0.15) is 23.9 Å². The van der Waals surface area contributed by atoms with Crippen molar-refractivity contribution >= 4 is 11.8 Å². The van der Waals surface area contributed by atoms with Crippen molar-refractivity contribution in [1.82, 2.24) is 14.9 Å². The first kappa shape index (κ1) is 20.7. The first-order valence-electron chi connectivity index (χ1n) is 9.57. The van der Waals surface area contributed by atoms with Crippen molar-refractivity contribution in [2.45, 2.75) is 17.5 Å². The van der Waals surface area contributed by atoms with Crippen LogP contribution in [0.3, 0.4) is 0 Å². The van der Waals surface area contributed by atoms with Gasteiger partial charge < -0.3 is 15.3 Å². The van der Waals surface area contributed by atoms with Crippen molar-refractivity contribution in [1.29, 1.82) is 0 Å². The van der Waals surface area contributed by atoms with Crippen molar-refractivity contribution < 1.29 is 13.9 Å². The highest BCUT2D eigenvalue weighted by molar-refractivity contribution is 7.98. The molecule has 0 saturated heterocycles. The predicted molar refractivity (Wildman–Crippen MR) is 119 cm³/mol. The molecular weight excluding hydrogens is 415 g/mol. The van der Waals surface area contributed by atoms with Crippen LogP contribution >= 0.6 is 11.8 Å². The summed E-state index contributed by atoms with van der Waals surface area (Å²) in [6.07, 6.45) is 0. The number of thioether (sulfide) groups is 1. The zero-order valence-electron chi connectivity index (χ0n) is 16.9. The third-order valence-electron chi connectivity index (χ3n) is 4.62. The molecule has 4 aromatic rings. The minimum Gasteiger partial charge on any atom is -0.496 e. The zero-order chi connectivity index (χ0) is 21.6. The van der Waals surface area contributed by atoms with Crippen LogP contribution in [0.4, 0.5) is 4.39 Å². The Bertz CT molecular complexity index is 1150. The summed E-state index contributed by atoms with van der Waals surface area (Å²) in [6, 6.07) is 21.6. The highest BCUT2D eigenvalue weighted by atomic mass is 32.2. The fourth-order valence-electron chi connectivity index (χ4n) is 2.97. The smallest absolute Gasteiger partial charge is 0.210 e. The second-order valence-corrected chi connectivity index (χ2v) is 7.67. The van der Waals surface area contributed by atoms with Crippen LogP contribution in [0, 0.1) is 5.82 Å². The minimum absolute atomic E-state index is 0.256. The lowest BCUT2D eigenvalue weighted by Crippen LogP contribution is -2.12. The predicted octanol–water partition coefficient (Wildman–Crippen LogP) is 4.68. The summed E-state index contributed by atoms with van der Waals surface area (Å²) < 4.78 is 25.6. The molecule has 2 N–H and O–H groups in total. The van der Waals surface area contributed by atoms with Gasteiger partial charge in [-0.25, -0.2) is 9.07 Å². The molecule has 0 bridgehead atoms. The summed E-state index contributed by atoms with van der Waals surface area (Å²) in [6.45, 7) is 0.385. The molecule has 0 saturated carbocycles. The molecule has 6 nitrogen and oxygen atoms in total. The summed E-state index contributed by atoms with van der Waals surface area (Å²) in [7, 11) is 1.61. The van der Waals surface area contributed by atoms with Crippen LogP contribution in [0.15, 0.2) is 78.0 Å². The number of hydrogen-bond donors (Lipinski definition) is 1. The van der Waals surface area contributed by atoms with E-state index in [1.54, 1.807) is 19.2 Å². The Morgan fingerprint density at radius 2 is 1.65 bits per heavy atom. The average Bonchev–Trinajstić information content (AvgIpc) is 3.18. The highest BCUT2D eigenvalue weighted by Crippen LogP contribution is 2.30. The normalized spacial score (nSPS) is 10.8. The van der Waals surface area contributed by atoms with Crippen LogP contribution in [0.5, 0.6) is 11.5 Å². The van der Waals surface area contributed by atoms with E-state index in [1.807, 2.05) is 48.5 Å². The van der Waals surface area contributed by atoms with Gasteiger partial charge in [0.25, 0.3) is 0 Å². The van der Waals surface area contributed by atoms with E-state index in [1.165, 1.54) is 28.6 Å². The number of rotatable bonds is 8. The summed E-state index contributed by atoms with van der Waals surface area (Å²) in [5.41, 5.74) is 2.80. The molecule has 0 aliphatic carbocycles. The Kier molecular flexibility index (Phi) is 6.37. The third-order valence-corrected chi connectivity index (χ3v) is 5.64. The maximum absolute atomic E-state index is 13.0. The molecule has 0 amide bonds. The van der Waals surface area contributed by atoms with Crippen LogP contribution in [0.25, 0.3) is 11.4 Å². The van der Waals surface area contributed by atoms with Gasteiger partial charge in [-0.1, -0.05) is 48.2 Å². The van der Waals surface area contributed by atoms with E-state index in [4.69, 9.17) is 15.3 Å². The number of nitrogen functional groups attached to an aromatic ring is 1. The molecule has 4 rings (SSSR count). The Morgan fingerprint density at radius 3 is 2.39 bits per heavy atom. The van der Waals surface area contributed by atoms with Crippen molar-refractivity contribution in [2.24, 2.45) is 0 Å². The summed E-state index contributed by atoms with van der Waals surface area (Å²) in [4.78, 5) is 0. The summed E-state index contributed by atoms with van der Waals surface area (Å²) in [5, 5.41) is 9.05. The van der Waals surface area contributed by atoms with Gasteiger partial charge in [-0.15, -0.1) is 10.2 Å². The van der Waals surface area contributed by atoms with Gasteiger partial charge in [-0.2, -0.15) is 0 Å². The van der Waals surface area contributed by atoms with E-state index < -0.39 is 0 Å². The van der Waals surface area contributed by atoms with E-state index in [9.17, 15) is 4.39 Å². The maximum atomic E-state index is 13.0. The standard InChI is InChI=1S/C23H21FN4O2S/c1-29-21-5-3-2-4-20(21)22-26-27-23(28(22)25)31-15-17-8-12-19(13-9-17)30-14-16-6-10-18(24)11-7-16/h2-13H,14-15,25H2,1H3. The minimum atomic E-state index is -0.256. The molecule has 0 fully saturated rings. The molecule has 1 aromatic heterocycles. The molecular formula is C23H21FN4O2S. The van der Waals surface area contributed by atoms with E-state index in [0.29, 0.717) is 29.1 Å². The van der Waals surface area contributed by atoms with E-state index in [2.05, 4.69) is 10.2 Å². The Hall–Kier alpha value is -3.52. The summed E-state index contributed by atoms with van der Waals surface area (Å²) >= 11 is 1.49. The number of hydrogen-bond acceptors (Lipinski definition) is 6. The Balaban J connectivity index is 1.36. The molecule has 31 heavy (non-hydrogen) atoms. The van der Waals surface area contributed by atoms with Gasteiger partial charge in [0, 0.05) is 5.75 Å². The van der Waals surface area contributed by atoms with E-state index in [-0.39, 0.29) is 5.82 Å². The molecule has 0 unspecified atom stereocenters. The largest absolute Gasteiger partial charge is 0.496 e. The average molecular weight is 437 g/mol. The van der Waals surface area contributed by atoms with Crippen molar-refractivity contribution in [3.05, 3.63) is 89.7 Å². The topological polar surface area (TPSA) is 75.2 Å². The van der Waals surface area contributed by atoms with Gasteiger partial charge in [-0.05, 0) is 47.5 Å². The molecule has 0 atom stereocenters. The van der Waals surface area contributed by atoms with E-state index >= 15 is 0 Å². The molecule has 0 aliphatic heterocycles. The van der Waals surface area contributed by atoms with Gasteiger partial charge >= 0.3 is 0 Å². The fourth-order valence-corrected chi connectivity index (χ4v) is 3.78. The number of nitrogens with two attached hydrogens (primary N) is 1. The quantitative estimate of drug-likeness (QED) is 0.319. The van der Waals surface area contributed by atoms with Crippen LogP contribution in [0.2, 0.25) is 0 Å². The van der Waals surface area contributed by atoms with Gasteiger partial charge in [0.2, 0.25) is 5.16 Å². The van der Waals surface area contributed by atoms with Crippen molar-refractivity contribution in [2.75, 3.05) is 13.0 Å². The Morgan fingerprint density at radius 1 is 0.935 bits per heavy atom. The number of benzene rings is 3. The molecule has 158 valence electrons. The molecule has 3 aromatic carbocycles. The molecule has 8 heteroatoms. The highest BCUT2D eigenvalue weighted by Gasteiger charge is 2.15.